The number of nitrogens with zero attached hydrogens (tertiary/aromatic N) is 4. The molecule has 0 bridgehead atoms. The minimum Gasteiger partial charge on any atom is -0.306 e. The minimum absolute atomic E-state index is 0.0172. The largest absolute Gasteiger partial charge is 0.306 e. The zero-order valence-corrected chi connectivity index (χ0v) is 34.9. The summed E-state index contributed by atoms with van der Waals surface area (Å²) >= 11 is 3.08. The summed E-state index contributed by atoms with van der Waals surface area (Å²) in [7, 11) is 0. The fraction of sp³-hybridized carbons (Fsp3) is 0.727. The quantitative estimate of drug-likeness (QED) is 0.0746. The molecule has 0 N–H and O–H groups in total. The van der Waals surface area contributed by atoms with Crippen molar-refractivity contribution in [3.05, 3.63) is 44.3 Å². The number of carbonyl (C=O) groups excluding carboxylic acids is 2. The van der Waals surface area contributed by atoms with Crippen LogP contribution in [-0.2, 0) is 9.59 Å². The minimum atomic E-state index is -0.0172. The standard InChI is InChI=1S/C44H70N4O2S2/c1-5-9-13-17-19-23-27-35(25-21-15-11-7-3)32-47-40(37-31-45-34-52-37)38-39(44(47)50)41(42-46-29-30-51-42)48(43(38)49)33-36(26-22-16-12-8-4)28-24-20-18-14-10-6-2/h29-31,34-36H,5-28,32-33H2,1-4H3. The van der Waals surface area contributed by atoms with Gasteiger partial charge >= 0.3 is 0 Å². The average Bonchev–Trinajstić information content (AvgIpc) is 3.96. The molecule has 2 aromatic rings. The molecular weight excluding hydrogens is 681 g/mol. The summed E-state index contributed by atoms with van der Waals surface area (Å²) in [5.74, 6) is 0.784. The zero-order valence-electron chi connectivity index (χ0n) is 33.3. The van der Waals surface area contributed by atoms with Crippen molar-refractivity contribution in [1.29, 1.82) is 0 Å². The van der Waals surface area contributed by atoms with E-state index in [0.29, 0.717) is 36.1 Å². The first-order valence-corrected chi connectivity index (χ1v) is 23.2. The lowest BCUT2D eigenvalue weighted by Gasteiger charge is -2.29. The van der Waals surface area contributed by atoms with Crippen LogP contribution in [0.25, 0.3) is 11.4 Å². The van der Waals surface area contributed by atoms with Crippen LogP contribution in [0.15, 0.2) is 34.4 Å². The van der Waals surface area contributed by atoms with E-state index in [1.165, 1.54) is 140 Å². The first kappa shape index (κ1) is 42.4. The van der Waals surface area contributed by atoms with E-state index in [0.717, 1.165) is 47.0 Å². The number of hydrogen-bond acceptors (Lipinski definition) is 6. The molecule has 2 amide bonds. The van der Waals surface area contributed by atoms with Crippen LogP contribution in [0.1, 0.15) is 192 Å². The van der Waals surface area contributed by atoms with Gasteiger partial charge in [0.25, 0.3) is 11.8 Å². The summed E-state index contributed by atoms with van der Waals surface area (Å²) < 4.78 is 0. The topological polar surface area (TPSA) is 66.4 Å². The van der Waals surface area contributed by atoms with E-state index in [1.807, 2.05) is 33.1 Å². The highest BCUT2D eigenvalue weighted by molar-refractivity contribution is 7.11. The SMILES string of the molecule is CCCCCCCCC(CCCCCC)CN1C(=O)C2=C(c3nccs3)N(CC(CCCCCC)CCCCCCCC)C(=O)C2=C1c1cncs1. The van der Waals surface area contributed by atoms with Crippen molar-refractivity contribution in [3.8, 4) is 0 Å². The first-order valence-electron chi connectivity index (χ1n) is 21.5. The molecule has 2 unspecified atom stereocenters. The van der Waals surface area contributed by atoms with E-state index >= 15 is 0 Å². The average molecular weight is 751 g/mol. The Morgan fingerprint density at radius 2 is 0.981 bits per heavy atom. The number of aromatic nitrogens is 2. The Bertz CT molecular complexity index is 1260. The van der Waals surface area contributed by atoms with Gasteiger partial charge in [-0.05, 0) is 37.5 Å². The Labute approximate surface area is 325 Å². The predicted octanol–water partition coefficient (Wildman–Crippen LogP) is 13.1. The second-order valence-corrected chi connectivity index (χ2v) is 17.3. The molecule has 0 spiro atoms. The molecule has 2 aliphatic rings. The molecule has 8 heteroatoms. The van der Waals surface area contributed by atoms with Gasteiger partial charge in [-0.1, -0.05) is 156 Å². The van der Waals surface area contributed by atoms with Crippen LogP contribution in [-0.4, -0.2) is 44.7 Å². The van der Waals surface area contributed by atoms with Crippen LogP contribution in [0.2, 0.25) is 0 Å². The molecule has 0 fully saturated rings. The molecule has 290 valence electrons. The summed E-state index contributed by atoms with van der Waals surface area (Å²) in [6.07, 6.45) is 33.3. The second-order valence-electron chi connectivity index (χ2n) is 15.5. The van der Waals surface area contributed by atoms with Gasteiger partial charge in [0.1, 0.15) is 5.01 Å². The van der Waals surface area contributed by atoms with Gasteiger partial charge in [0, 0.05) is 30.9 Å². The Balaban J connectivity index is 1.63. The van der Waals surface area contributed by atoms with Crippen LogP contribution in [0.3, 0.4) is 0 Å². The maximum Gasteiger partial charge on any atom is 0.261 e. The molecule has 4 heterocycles. The summed E-state index contributed by atoms with van der Waals surface area (Å²) in [5, 5.41) is 2.75. The van der Waals surface area contributed by atoms with Gasteiger partial charge in [-0.15, -0.1) is 22.7 Å². The molecule has 2 atom stereocenters. The molecule has 2 aromatic heterocycles. The smallest absolute Gasteiger partial charge is 0.261 e. The lowest BCUT2D eigenvalue weighted by Crippen LogP contribution is -2.34. The summed E-state index contributed by atoms with van der Waals surface area (Å²) in [4.78, 5) is 43.8. The summed E-state index contributed by atoms with van der Waals surface area (Å²) in [6.45, 7) is 10.4. The number of thiazole rings is 2. The van der Waals surface area contributed by atoms with Crippen molar-refractivity contribution in [3.63, 3.8) is 0 Å². The van der Waals surface area contributed by atoms with Crippen LogP contribution in [0.4, 0.5) is 0 Å². The number of unbranched alkanes of at least 4 members (excludes halogenated alkanes) is 16. The van der Waals surface area contributed by atoms with E-state index < -0.39 is 0 Å². The Morgan fingerprint density at radius 3 is 1.40 bits per heavy atom. The molecule has 4 rings (SSSR count). The Morgan fingerprint density at radius 1 is 0.558 bits per heavy atom. The molecule has 52 heavy (non-hydrogen) atoms. The van der Waals surface area contributed by atoms with Crippen LogP contribution in [0, 0.1) is 11.8 Å². The number of hydrogen-bond donors (Lipinski definition) is 0. The third-order valence-corrected chi connectivity index (χ3v) is 12.8. The van der Waals surface area contributed by atoms with Gasteiger partial charge in [0.15, 0.2) is 0 Å². The molecule has 0 radical (unpaired) electrons. The first-order chi connectivity index (χ1) is 25.5. The number of amides is 2. The summed E-state index contributed by atoms with van der Waals surface area (Å²) in [5.41, 5.74) is 4.55. The third kappa shape index (κ3) is 12.4. The number of rotatable bonds is 30. The maximum atomic E-state index is 14.9. The van der Waals surface area contributed by atoms with E-state index in [9.17, 15) is 9.59 Å². The molecule has 0 saturated heterocycles. The van der Waals surface area contributed by atoms with E-state index in [4.69, 9.17) is 4.98 Å². The third-order valence-electron chi connectivity index (χ3n) is 11.2. The van der Waals surface area contributed by atoms with Crippen LogP contribution < -0.4 is 0 Å². The van der Waals surface area contributed by atoms with Gasteiger partial charge in [0.2, 0.25) is 0 Å². The molecular formula is C44H70N4O2S2. The fourth-order valence-electron chi connectivity index (χ4n) is 8.21. The van der Waals surface area contributed by atoms with Crippen molar-refractivity contribution in [1.82, 2.24) is 19.8 Å². The highest BCUT2D eigenvalue weighted by Crippen LogP contribution is 2.48. The fourth-order valence-corrected chi connectivity index (χ4v) is 9.59. The lowest BCUT2D eigenvalue weighted by molar-refractivity contribution is -0.124. The van der Waals surface area contributed by atoms with E-state index in [2.05, 4.69) is 32.7 Å². The van der Waals surface area contributed by atoms with Crippen molar-refractivity contribution in [2.75, 3.05) is 13.1 Å². The Kier molecular flexibility index (Phi) is 19.7. The lowest BCUT2D eigenvalue weighted by atomic mass is 9.93. The number of carbonyl (C=O) groups is 2. The molecule has 0 aromatic carbocycles. The van der Waals surface area contributed by atoms with Crippen molar-refractivity contribution < 1.29 is 9.59 Å². The van der Waals surface area contributed by atoms with E-state index in [-0.39, 0.29) is 11.8 Å². The molecule has 0 saturated carbocycles. The highest BCUT2D eigenvalue weighted by atomic mass is 32.1. The maximum absolute atomic E-state index is 14.9. The zero-order chi connectivity index (χ0) is 37.0. The molecule has 2 aliphatic heterocycles. The second kappa shape index (κ2) is 24.2. The van der Waals surface area contributed by atoms with Gasteiger partial charge in [0.05, 0.1) is 32.9 Å². The summed E-state index contributed by atoms with van der Waals surface area (Å²) in [6, 6.07) is 0. The van der Waals surface area contributed by atoms with Crippen molar-refractivity contribution in [2.24, 2.45) is 11.8 Å². The Hall–Kier alpha value is -2.32. The number of fused-ring (bicyclic) bond motifs is 1. The predicted molar refractivity (Wildman–Crippen MR) is 222 cm³/mol. The van der Waals surface area contributed by atoms with Gasteiger partial charge in [-0.25, -0.2) is 4.98 Å². The molecule has 6 nitrogen and oxygen atoms in total. The van der Waals surface area contributed by atoms with E-state index in [1.54, 1.807) is 11.3 Å². The normalized spacial score (nSPS) is 15.8. The van der Waals surface area contributed by atoms with Gasteiger partial charge in [-0.3, -0.25) is 14.6 Å². The van der Waals surface area contributed by atoms with Gasteiger partial charge < -0.3 is 9.80 Å². The van der Waals surface area contributed by atoms with Crippen molar-refractivity contribution >= 4 is 45.9 Å². The van der Waals surface area contributed by atoms with Crippen LogP contribution >= 0.6 is 22.7 Å². The van der Waals surface area contributed by atoms with Gasteiger partial charge in [-0.2, -0.15) is 0 Å². The monoisotopic (exact) mass is 750 g/mol. The highest BCUT2D eigenvalue weighted by Gasteiger charge is 2.50. The van der Waals surface area contributed by atoms with Crippen LogP contribution in [0.5, 0.6) is 0 Å². The molecule has 0 aliphatic carbocycles. The van der Waals surface area contributed by atoms with Crippen molar-refractivity contribution in [2.45, 2.75) is 182 Å².